The molecule has 0 saturated carbocycles. The maximum atomic E-state index is 12.1. The number of methoxy groups -OCH3 is 1. The molecule has 0 aliphatic carbocycles. The van der Waals surface area contributed by atoms with Gasteiger partial charge in [0.15, 0.2) is 0 Å². The van der Waals surface area contributed by atoms with Gasteiger partial charge in [-0.15, -0.1) is 0 Å². The second-order valence-electron chi connectivity index (χ2n) is 5.06. The van der Waals surface area contributed by atoms with E-state index in [2.05, 4.69) is 6.58 Å². The maximum Gasteiger partial charge on any atom is 0.343 e. The zero-order valence-corrected chi connectivity index (χ0v) is 14.0. The quantitative estimate of drug-likeness (QED) is 0.332. The van der Waals surface area contributed by atoms with E-state index < -0.39 is 11.9 Å². The van der Waals surface area contributed by atoms with E-state index in [1.807, 2.05) is 0 Å². The first-order valence-corrected chi connectivity index (χ1v) is 7.41. The van der Waals surface area contributed by atoms with E-state index in [-0.39, 0.29) is 6.79 Å². The van der Waals surface area contributed by atoms with Crippen molar-refractivity contribution in [1.29, 1.82) is 0 Å². The highest BCUT2D eigenvalue weighted by Gasteiger charge is 2.09. The van der Waals surface area contributed by atoms with Crippen molar-refractivity contribution in [2.45, 2.75) is 6.92 Å². The fourth-order valence-electron chi connectivity index (χ4n) is 1.77. The normalized spacial score (nSPS) is 9.84. The molecule has 6 nitrogen and oxygen atoms in total. The summed E-state index contributed by atoms with van der Waals surface area (Å²) in [5.41, 5.74) is 0.655. The monoisotopic (exact) mass is 342 g/mol. The van der Waals surface area contributed by atoms with Gasteiger partial charge in [-0.1, -0.05) is 6.58 Å². The van der Waals surface area contributed by atoms with Gasteiger partial charge < -0.3 is 18.9 Å². The zero-order valence-electron chi connectivity index (χ0n) is 14.0. The summed E-state index contributed by atoms with van der Waals surface area (Å²) >= 11 is 0. The van der Waals surface area contributed by atoms with Crippen LogP contribution >= 0.6 is 0 Å². The van der Waals surface area contributed by atoms with Crippen molar-refractivity contribution >= 4 is 11.9 Å². The lowest BCUT2D eigenvalue weighted by atomic mass is 10.2. The highest BCUT2D eigenvalue weighted by atomic mass is 16.7. The lowest BCUT2D eigenvalue weighted by Crippen LogP contribution is -2.11. The van der Waals surface area contributed by atoms with Crippen molar-refractivity contribution in [3.8, 4) is 17.2 Å². The smallest absolute Gasteiger partial charge is 0.343 e. The summed E-state index contributed by atoms with van der Waals surface area (Å²) in [7, 11) is 1.56. The minimum absolute atomic E-state index is 0.235. The van der Waals surface area contributed by atoms with Crippen molar-refractivity contribution in [1.82, 2.24) is 0 Å². The third-order valence-electron chi connectivity index (χ3n) is 3.12. The summed E-state index contributed by atoms with van der Waals surface area (Å²) in [5, 5.41) is 0. The molecule has 6 heteroatoms. The van der Waals surface area contributed by atoms with Gasteiger partial charge in [0.05, 0.1) is 12.7 Å². The number of benzene rings is 2. The molecule has 2 aromatic carbocycles. The number of carbonyl (C=O) groups is 2. The summed E-state index contributed by atoms with van der Waals surface area (Å²) in [6.07, 6.45) is 0. The molecule has 0 spiro atoms. The van der Waals surface area contributed by atoms with E-state index in [1.54, 1.807) is 62.6 Å². The Hall–Kier alpha value is -3.28. The molecule has 0 fully saturated rings. The highest BCUT2D eigenvalue weighted by Crippen LogP contribution is 2.19. The minimum atomic E-state index is -0.528. The maximum absolute atomic E-state index is 12.1. The Morgan fingerprint density at radius 3 is 2.04 bits per heavy atom. The van der Waals surface area contributed by atoms with E-state index in [9.17, 15) is 9.59 Å². The van der Waals surface area contributed by atoms with E-state index in [1.165, 1.54) is 0 Å². The van der Waals surface area contributed by atoms with Gasteiger partial charge >= 0.3 is 11.9 Å². The molecular weight excluding hydrogens is 324 g/mol. The first kappa shape index (κ1) is 18.1. The Morgan fingerprint density at radius 1 is 0.920 bits per heavy atom. The molecule has 0 aliphatic rings. The van der Waals surface area contributed by atoms with Gasteiger partial charge in [-0.2, -0.15) is 0 Å². The number of hydrogen-bond donors (Lipinski definition) is 0. The zero-order chi connectivity index (χ0) is 18.2. The number of esters is 2. The number of ether oxygens (including phenoxy) is 4. The topological polar surface area (TPSA) is 71.1 Å². The Kier molecular flexibility index (Phi) is 6.17. The fourth-order valence-corrected chi connectivity index (χ4v) is 1.77. The second-order valence-corrected chi connectivity index (χ2v) is 5.06. The summed E-state index contributed by atoms with van der Waals surface area (Å²) < 4.78 is 20.4. The molecule has 0 aromatic heterocycles. The van der Waals surface area contributed by atoms with E-state index in [4.69, 9.17) is 18.9 Å². The van der Waals surface area contributed by atoms with Gasteiger partial charge in [0.1, 0.15) is 17.2 Å². The van der Waals surface area contributed by atoms with Gasteiger partial charge in [-0.25, -0.2) is 9.59 Å². The van der Waals surface area contributed by atoms with Crippen LogP contribution in [0.4, 0.5) is 0 Å². The van der Waals surface area contributed by atoms with E-state index in [0.29, 0.717) is 28.4 Å². The third kappa shape index (κ3) is 5.39. The van der Waals surface area contributed by atoms with Gasteiger partial charge in [0.25, 0.3) is 0 Å². The molecule has 0 bridgehead atoms. The van der Waals surface area contributed by atoms with Crippen LogP contribution in [0, 0.1) is 0 Å². The van der Waals surface area contributed by atoms with Crippen LogP contribution in [0.5, 0.6) is 17.2 Å². The lowest BCUT2D eigenvalue weighted by molar-refractivity contribution is -0.145. The Morgan fingerprint density at radius 2 is 1.48 bits per heavy atom. The van der Waals surface area contributed by atoms with Gasteiger partial charge in [-0.3, -0.25) is 0 Å². The van der Waals surface area contributed by atoms with Crippen LogP contribution in [0.1, 0.15) is 17.3 Å². The molecule has 0 N–H and O–H groups in total. The standard InChI is InChI=1S/C19H18O6/c1-13(2)18(20)24-12-23-16-6-4-14(5-7-16)19(21)25-17-10-8-15(22-3)9-11-17/h4-11H,1,12H2,2-3H3. The Labute approximate surface area is 145 Å². The summed E-state index contributed by atoms with van der Waals surface area (Å²) in [6.45, 7) is 4.78. The molecule has 2 rings (SSSR count). The fraction of sp³-hybridized carbons (Fsp3) is 0.158. The predicted octanol–water partition coefficient (Wildman–Crippen LogP) is 3.37. The molecule has 0 atom stereocenters. The van der Waals surface area contributed by atoms with Crippen LogP contribution in [-0.2, 0) is 9.53 Å². The number of rotatable bonds is 7. The van der Waals surface area contributed by atoms with Gasteiger partial charge in [0, 0.05) is 5.57 Å². The molecule has 0 aliphatic heterocycles. The summed E-state index contributed by atoms with van der Waals surface area (Å²) in [4.78, 5) is 23.3. The van der Waals surface area contributed by atoms with E-state index in [0.717, 1.165) is 0 Å². The Balaban J connectivity index is 1.88. The van der Waals surface area contributed by atoms with Crippen molar-refractivity contribution in [3.63, 3.8) is 0 Å². The van der Waals surface area contributed by atoms with Crippen molar-refractivity contribution in [2.75, 3.05) is 13.9 Å². The highest BCUT2D eigenvalue weighted by molar-refractivity contribution is 5.91. The third-order valence-corrected chi connectivity index (χ3v) is 3.12. The first-order chi connectivity index (χ1) is 12.0. The summed E-state index contributed by atoms with van der Waals surface area (Å²) in [5.74, 6) is 0.520. The largest absolute Gasteiger partial charge is 0.497 e. The molecule has 0 amide bonds. The van der Waals surface area contributed by atoms with Gasteiger partial charge in [0.2, 0.25) is 6.79 Å². The molecule has 0 radical (unpaired) electrons. The number of carbonyl (C=O) groups excluding carboxylic acids is 2. The van der Waals surface area contributed by atoms with Crippen LogP contribution < -0.4 is 14.2 Å². The molecule has 0 heterocycles. The Bertz CT molecular complexity index is 746. The molecule has 0 unspecified atom stereocenters. The average Bonchev–Trinajstić information content (AvgIpc) is 2.62. The second kappa shape index (κ2) is 8.54. The predicted molar refractivity (Wildman–Crippen MR) is 90.8 cm³/mol. The van der Waals surface area contributed by atoms with Crippen molar-refractivity contribution in [2.24, 2.45) is 0 Å². The van der Waals surface area contributed by atoms with Gasteiger partial charge in [-0.05, 0) is 55.5 Å². The van der Waals surface area contributed by atoms with Crippen LogP contribution in [0.3, 0.4) is 0 Å². The molecule has 25 heavy (non-hydrogen) atoms. The van der Waals surface area contributed by atoms with Crippen LogP contribution in [0.15, 0.2) is 60.7 Å². The van der Waals surface area contributed by atoms with Crippen molar-refractivity contribution in [3.05, 3.63) is 66.2 Å². The van der Waals surface area contributed by atoms with Crippen LogP contribution in [0.25, 0.3) is 0 Å². The lowest BCUT2D eigenvalue weighted by Gasteiger charge is -2.08. The van der Waals surface area contributed by atoms with Crippen LogP contribution in [0.2, 0.25) is 0 Å². The van der Waals surface area contributed by atoms with E-state index >= 15 is 0 Å². The first-order valence-electron chi connectivity index (χ1n) is 7.41. The molecule has 2 aromatic rings. The average molecular weight is 342 g/mol. The SMILES string of the molecule is C=C(C)C(=O)OCOc1ccc(C(=O)Oc2ccc(OC)cc2)cc1. The molecule has 130 valence electrons. The molecule has 0 saturated heterocycles. The van der Waals surface area contributed by atoms with Crippen LogP contribution in [-0.4, -0.2) is 25.8 Å². The summed E-state index contributed by atoms with van der Waals surface area (Å²) in [6, 6.07) is 13.0. The number of hydrogen-bond acceptors (Lipinski definition) is 6. The van der Waals surface area contributed by atoms with Crippen molar-refractivity contribution < 1.29 is 28.5 Å². The molecular formula is C19H18O6. The minimum Gasteiger partial charge on any atom is -0.497 e.